The smallest absolute Gasteiger partial charge is 0.274 e. The van der Waals surface area contributed by atoms with Crippen LogP contribution in [0.15, 0.2) is 36.2 Å². The van der Waals surface area contributed by atoms with Gasteiger partial charge in [0.2, 0.25) is 0 Å². The number of piperidine rings is 1. The van der Waals surface area contributed by atoms with E-state index in [1.807, 2.05) is 0 Å². The van der Waals surface area contributed by atoms with Crippen LogP contribution in [-0.4, -0.2) is 62.5 Å². The van der Waals surface area contributed by atoms with Crippen LogP contribution in [0.5, 0.6) is 0 Å². The van der Waals surface area contributed by atoms with E-state index in [0.717, 1.165) is 11.8 Å². The summed E-state index contributed by atoms with van der Waals surface area (Å²) < 4.78 is 34.3. The van der Waals surface area contributed by atoms with Crippen molar-refractivity contribution in [2.24, 2.45) is 5.41 Å². The zero-order valence-corrected chi connectivity index (χ0v) is 18.2. The molecule has 32 heavy (non-hydrogen) atoms. The van der Waals surface area contributed by atoms with Crippen LogP contribution in [0.2, 0.25) is 0 Å². The lowest BCUT2D eigenvalue weighted by Crippen LogP contribution is -2.54. The van der Waals surface area contributed by atoms with E-state index < -0.39 is 22.7 Å². The number of halogens is 2. The molecule has 2 amide bonds. The number of ether oxygens (including phenoxy) is 1. The number of hydrogen-bond donors (Lipinski definition) is 0. The van der Waals surface area contributed by atoms with E-state index in [9.17, 15) is 18.4 Å². The second-order valence-corrected chi connectivity index (χ2v) is 9.51. The van der Waals surface area contributed by atoms with Gasteiger partial charge in [0, 0.05) is 56.1 Å². The van der Waals surface area contributed by atoms with Gasteiger partial charge in [-0.2, -0.15) is 0 Å². The summed E-state index contributed by atoms with van der Waals surface area (Å²) in [4.78, 5) is 38.0. The molecule has 1 aliphatic carbocycles. The molecule has 0 saturated carbocycles. The Morgan fingerprint density at radius 2 is 1.94 bits per heavy atom. The second-order valence-electron chi connectivity index (χ2n) is 9.51. The van der Waals surface area contributed by atoms with E-state index in [4.69, 9.17) is 4.74 Å². The lowest BCUT2D eigenvalue weighted by atomic mass is 9.74. The third-order valence-corrected chi connectivity index (χ3v) is 7.25. The Labute approximate surface area is 185 Å². The fraction of sp³-hybridized carbons (Fsp3) is 0.565. The van der Waals surface area contributed by atoms with E-state index in [1.165, 1.54) is 12.3 Å². The molecule has 1 unspecified atom stereocenters. The first-order chi connectivity index (χ1) is 15.2. The van der Waals surface area contributed by atoms with Crippen molar-refractivity contribution in [3.05, 3.63) is 47.6 Å². The van der Waals surface area contributed by atoms with E-state index >= 15 is 0 Å². The van der Waals surface area contributed by atoms with Gasteiger partial charge < -0.3 is 14.5 Å². The molecule has 7 nitrogen and oxygen atoms in total. The Kier molecular flexibility index (Phi) is 4.92. The van der Waals surface area contributed by atoms with Gasteiger partial charge in [-0.25, -0.2) is 13.8 Å². The van der Waals surface area contributed by atoms with Crippen molar-refractivity contribution in [3.63, 3.8) is 0 Å². The average Bonchev–Trinajstić information content (AvgIpc) is 3.27. The van der Waals surface area contributed by atoms with Gasteiger partial charge in [-0.15, -0.1) is 0 Å². The molecule has 4 aliphatic rings. The Morgan fingerprint density at radius 1 is 1.19 bits per heavy atom. The van der Waals surface area contributed by atoms with Crippen LogP contribution in [0.3, 0.4) is 0 Å². The van der Waals surface area contributed by atoms with Crippen LogP contribution in [0, 0.1) is 12.3 Å². The normalized spacial score (nSPS) is 31.6. The highest BCUT2D eigenvalue weighted by Crippen LogP contribution is 2.50. The number of carbonyl (C=O) groups excluding carboxylic acids is 2. The van der Waals surface area contributed by atoms with Gasteiger partial charge in [-0.3, -0.25) is 14.6 Å². The van der Waals surface area contributed by atoms with Crippen molar-refractivity contribution < 1.29 is 23.1 Å². The van der Waals surface area contributed by atoms with Crippen molar-refractivity contribution in [1.82, 2.24) is 19.8 Å². The summed E-state index contributed by atoms with van der Waals surface area (Å²) in [5, 5.41) is 0. The standard InChI is InChI=1S/C23H26F2N4O3/c1-14-12-27-17(13-26-14)20(30)28-7-5-23(6-8-28)21(31)29-18(3-4-19(29)32-23)22(2)10-15(24)9-16(25)11-22/h9-10,12-13,18-19H,3-8,11H2,1-2H3/t18-,19+,22?/m0/s1. The molecule has 0 N–H and O–H groups in total. The number of aryl methyl sites for hydroxylation is 1. The van der Waals surface area contributed by atoms with Gasteiger partial charge in [0.05, 0.1) is 11.9 Å². The lowest BCUT2D eigenvalue weighted by Gasteiger charge is -2.40. The summed E-state index contributed by atoms with van der Waals surface area (Å²) in [5.74, 6) is -1.46. The van der Waals surface area contributed by atoms with Gasteiger partial charge in [0.25, 0.3) is 11.8 Å². The number of carbonyl (C=O) groups is 2. The van der Waals surface area contributed by atoms with Crippen molar-refractivity contribution in [2.75, 3.05) is 13.1 Å². The summed E-state index contributed by atoms with van der Waals surface area (Å²) in [6.07, 6.45) is 7.07. The molecular weight excluding hydrogens is 418 g/mol. The molecule has 4 heterocycles. The molecule has 5 rings (SSSR count). The van der Waals surface area contributed by atoms with Gasteiger partial charge >= 0.3 is 0 Å². The maximum absolute atomic E-state index is 14.1. The predicted octanol–water partition coefficient (Wildman–Crippen LogP) is 3.22. The number of fused-ring (bicyclic) bond motifs is 1. The van der Waals surface area contributed by atoms with Gasteiger partial charge in [-0.05, 0) is 25.8 Å². The van der Waals surface area contributed by atoms with Crippen molar-refractivity contribution >= 4 is 11.8 Å². The van der Waals surface area contributed by atoms with E-state index in [1.54, 1.807) is 29.8 Å². The third kappa shape index (κ3) is 3.34. The van der Waals surface area contributed by atoms with Gasteiger partial charge in [-0.1, -0.05) is 6.92 Å². The fourth-order valence-corrected chi connectivity index (χ4v) is 5.61. The Balaban J connectivity index is 1.30. The Bertz CT molecular complexity index is 1020. The minimum absolute atomic E-state index is 0.0639. The quantitative estimate of drug-likeness (QED) is 0.700. The number of aromatic nitrogens is 2. The largest absolute Gasteiger partial charge is 0.342 e. The van der Waals surface area contributed by atoms with Gasteiger partial charge in [0.15, 0.2) is 5.60 Å². The first kappa shape index (κ1) is 21.2. The van der Waals surface area contributed by atoms with E-state index in [-0.39, 0.29) is 36.2 Å². The average molecular weight is 444 g/mol. The first-order valence-corrected chi connectivity index (χ1v) is 11.0. The Morgan fingerprint density at radius 3 is 2.59 bits per heavy atom. The summed E-state index contributed by atoms with van der Waals surface area (Å²) in [6, 6.07) is -0.327. The second kappa shape index (κ2) is 7.43. The van der Waals surface area contributed by atoms with Crippen LogP contribution in [0.25, 0.3) is 0 Å². The summed E-state index contributed by atoms with van der Waals surface area (Å²) in [7, 11) is 0. The molecule has 9 heteroatoms. The zero-order valence-electron chi connectivity index (χ0n) is 18.2. The molecule has 1 spiro atoms. The number of nitrogens with zero attached hydrogens (tertiary/aromatic N) is 4. The van der Waals surface area contributed by atoms with Crippen molar-refractivity contribution in [3.8, 4) is 0 Å². The van der Waals surface area contributed by atoms with Crippen molar-refractivity contribution in [2.45, 2.75) is 63.8 Å². The van der Waals surface area contributed by atoms with Crippen molar-refractivity contribution in [1.29, 1.82) is 0 Å². The molecule has 0 aromatic carbocycles. The number of rotatable bonds is 2. The summed E-state index contributed by atoms with van der Waals surface area (Å²) in [6.45, 7) is 4.34. The number of likely N-dealkylation sites (tertiary alicyclic amines) is 1. The number of allylic oxidation sites excluding steroid dienone is 3. The van der Waals surface area contributed by atoms with Crippen LogP contribution in [-0.2, 0) is 9.53 Å². The summed E-state index contributed by atoms with van der Waals surface area (Å²) >= 11 is 0. The molecule has 3 aliphatic heterocycles. The topological polar surface area (TPSA) is 75.6 Å². The Hall–Kier alpha value is -2.68. The first-order valence-electron chi connectivity index (χ1n) is 11.0. The van der Waals surface area contributed by atoms with E-state index in [2.05, 4.69) is 9.97 Å². The molecule has 3 atom stereocenters. The molecular formula is C23H26F2N4O3. The maximum Gasteiger partial charge on any atom is 0.274 e. The maximum atomic E-state index is 14.1. The van der Waals surface area contributed by atoms with Gasteiger partial charge in [0.1, 0.15) is 23.6 Å². The highest BCUT2D eigenvalue weighted by molar-refractivity contribution is 5.93. The predicted molar refractivity (Wildman–Crippen MR) is 110 cm³/mol. The van der Waals surface area contributed by atoms with Crippen LogP contribution in [0.4, 0.5) is 8.78 Å². The highest BCUT2D eigenvalue weighted by atomic mass is 19.1. The minimum atomic E-state index is -0.985. The molecule has 3 fully saturated rings. The highest BCUT2D eigenvalue weighted by Gasteiger charge is 2.60. The fourth-order valence-electron chi connectivity index (χ4n) is 5.61. The summed E-state index contributed by atoms with van der Waals surface area (Å²) in [5.41, 5.74) is -0.792. The molecule has 0 radical (unpaired) electrons. The number of hydrogen-bond acceptors (Lipinski definition) is 5. The van der Waals surface area contributed by atoms with E-state index in [0.29, 0.717) is 38.8 Å². The monoisotopic (exact) mass is 444 g/mol. The molecule has 3 saturated heterocycles. The zero-order chi connectivity index (χ0) is 22.7. The SMILES string of the molecule is Cc1cnc(C(=O)N2CCC3(CC2)O[C@@H]2CC[C@@H](C4(C)C=C(F)C=C(F)C4)N2C3=O)cn1. The van der Waals surface area contributed by atoms with Crippen LogP contribution in [0.1, 0.15) is 55.2 Å². The lowest BCUT2D eigenvalue weighted by molar-refractivity contribution is -0.143. The molecule has 170 valence electrons. The third-order valence-electron chi connectivity index (χ3n) is 7.25. The molecule has 0 bridgehead atoms. The molecule has 1 aromatic rings. The van der Waals surface area contributed by atoms with Crippen LogP contribution < -0.4 is 0 Å². The minimum Gasteiger partial charge on any atom is -0.342 e. The molecule has 1 aromatic heterocycles. The van der Waals surface area contributed by atoms with Crippen LogP contribution >= 0.6 is 0 Å². The number of amides is 2.